The molecule has 0 spiro atoms. The Morgan fingerprint density at radius 3 is 2.56 bits per heavy atom. The molecule has 98 valence electrons. The molecule has 1 aromatic carbocycles. The zero-order valence-electron chi connectivity index (χ0n) is 11.1. The van der Waals surface area contributed by atoms with Gasteiger partial charge in [0.05, 0.1) is 0 Å². The third-order valence-electron chi connectivity index (χ3n) is 4.66. The van der Waals surface area contributed by atoms with Crippen molar-refractivity contribution in [2.45, 2.75) is 50.7 Å². The average molecular weight is 265 g/mol. The fourth-order valence-corrected chi connectivity index (χ4v) is 3.67. The monoisotopic (exact) mass is 264 g/mol. The van der Waals surface area contributed by atoms with E-state index < -0.39 is 0 Å². The summed E-state index contributed by atoms with van der Waals surface area (Å²) in [6, 6.07) is 8.27. The van der Waals surface area contributed by atoms with Crippen LogP contribution in [0.3, 0.4) is 0 Å². The number of benzene rings is 1. The van der Waals surface area contributed by atoms with Gasteiger partial charge in [-0.15, -0.1) is 0 Å². The lowest BCUT2D eigenvalue weighted by molar-refractivity contribution is 0.169. The Morgan fingerprint density at radius 2 is 1.89 bits per heavy atom. The van der Waals surface area contributed by atoms with E-state index in [0.29, 0.717) is 6.04 Å². The molecule has 2 nitrogen and oxygen atoms in total. The molecule has 0 amide bonds. The number of aryl methyl sites for hydroxylation is 1. The van der Waals surface area contributed by atoms with Crippen molar-refractivity contribution in [1.29, 1.82) is 0 Å². The van der Waals surface area contributed by atoms with Crippen LogP contribution in [0.2, 0.25) is 5.02 Å². The summed E-state index contributed by atoms with van der Waals surface area (Å²) >= 11 is 6.08. The molecule has 2 saturated heterocycles. The highest BCUT2D eigenvalue weighted by Crippen LogP contribution is 2.35. The van der Waals surface area contributed by atoms with Gasteiger partial charge in [-0.25, -0.2) is 0 Å². The summed E-state index contributed by atoms with van der Waals surface area (Å²) in [7, 11) is 2.28. The average Bonchev–Trinajstić information content (AvgIpc) is 2.58. The van der Waals surface area contributed by atoms with Gasteiger partial charge in [-0.05, 0) is 57.4 Å². The number of nitrogens with one attached hydrogen (secondary N) is 1. The molecule has 0 saturated carbocycles. The molecular weight excluding hydrogens is 244 g/mol. The second-order valence-corrected chi connectivity index (χ2v) is 6.26. The smallest absolute Gasteiger partial charge is 0.0426 e. The van der Waals surface area contributed by atoms with Crippen molar-refractivity contribution in [2.24, 2.45) is 0 Å². The number of anilines is 1. The van der Waals surface area contributed by atoms with Crippen molar-refractivity contribution in [3.8, 4) is 0 Å². The first kappa shape index (κ1) is 12.3. The Labute approximate surface area is 114 Å². The summed E-state index contributed by atoms with van der Waals surface area (Å²) in [5.74, 6) is 0. The van der Waals surface area contributed by atoms with E-state index in [4.69, 9.17) is 11.6 Å². The first-order valence-electron chi connectivity index (χ1n) is 6.88. The topological polar surface area (TPSA) is 15.3 Å². The number of hydrogen-bond acceptors (Lipinski definition) is 2. The van der Waals surface area contributed by atoms with E-state index in [1.165, 1.54) is 36.9 Å². The molecule has 18 heavy (non-hydrogen) atoms. The summed E-state index contributed by atoms with van der Waals surface area (Å²) in [6.45, 7) is 2.14. The van der Waals surface area contributed by atoms with E-state index in [9.17, 15) is 0 Å². The second kappa shape index (κ2) is 4.75. The molecule has 2 unspecified atom stereocenters. The van der Waals surface area contributed by atoms with Crippen LogP contribution >= 0.6 is 11.6 Å². The van der Waals surface area contributed by atoms with Gasteiger partial charge in [0, 0.05) is 28.8 Å². The maximum absolute atomic E-state index is 6.08. The van der Waals surface area contributed by atoms with Gasteiger partial charge < -0.3 is 10.2 Å². The van der Waals surface area contributed by atoms with Crippen LogP contribution in [0.5, 0.6) is 0 Å². The molecular formula is C15H21ClN2. The second-order valence-electron chi connectivity index (χ2n) is 5.82. The third kappa shape index (κ3) is 2.24. The van der Waals surface area contributed by atoms with Crippen LogP contribution in [0.4, 0.5) is 5.69 Å². The number of nitrogens with zero attached hydrogens (tertiary/aromatic N) is 1. The van der Waals surface area contributed by atoms with Gasteiger partial charge in [0.1, 0.15) is 0 Å². The quantitative estimate of drug-likeness (QED) is 0.877. The first-order valence-corrected chi connectivity index (χ1v) is 7.26. The molecule has 2 aliphatic heterocycles. The van der Waals surface area contributed by atoms with Gasteiger partial charge in [-0.2, -0.15) is 0 Å². The molecule has 2 bridgehead atoms. The van der Waals surface area contributed by atoms with Gasteiger partial charge in [0.15, 0.2) is 0 Å². The van der Waals surface area contributed by atoms with Gasteiger partial charge in [0.2, 0.25) is 0 Å². The summed E-state index contributed by atoms with van der Waals surface area (Å²) in [5.41, 5.74) is 2.49. The normalized spacial score (nSPS) is 31.6. The first-order chi connectivity index (χ1) is 8.63. The van der Waals surface area contributed by atoms with Gasteiger partial charge in [0.25, 0.3) is 0 Å². The third-order valence-corrected chi connectivity index (χ3v) is 4.89. The predicted molar refractivity (Wildman–Crippen MR) is 77.4 cm³/mol. The minimum atomic E-state index is 0.607. The number of halogens is 1. The standard InChI is InChI=1S/C15H21ClN2/c1-10-3-4-11(16)7-15(10)17-12-8-13-5-6-14(9-12)18(13)2/h3-4,7,12-14,17H,5-6,8-9H2,1-2H3. The van der Waals surface area contributed by atoms with Crippen LogP contribution < -0.4 is 5.32 Å². The molecule has 0 radical (unpaired) electrons. The van der Waals surface area contributed by atoms with E-state index in [2.05, 4.69) is 36.3 Å². The van der Waals surface area contributed by atoms with Crippen molar-refractivity contribution >= 4 is 17.3 Å². The minimum Gasteiger partial charge on any atom is -0.382 e. The highest BCUT2D eigenvalue weighted by atomic mass is 35.5. The van der Waals surface area contributed by atoms with Crippen LogP contribution in [0.1, 0.15) is 31.2 Å². The van der Waals surface area contributed by atoms with Crippen molar-refractivity contribution in [2.75, 3.05) is 12.4 Å². The maximum atomic E-state index is 6.08. The summed E-state index contributed by atoms with van der Waals surface area (Å²) in [6.07, 6.45) is 5.26. The molecule has 2 aliphatic rings. The van der Waals surface area contributed by atoms with E-state index >= 15 is 0 Å². The molecule has 3 rings (SSSR count). The van der Waals surface area contributed by atoms with Crippen molar-refractivity contribution < 1.29 is 0 Å². The zero-order valence-corrected chi connectivity index (χ0v) is 11.9. The molecule has 0 aliphatic carbocycles. The molecule has 3 heteroatoms. The van der Waals surface area contributed by atoms with Crippen molar-refractivity contribution in [3.63, 3.8) is 0 Å². The molecule has 2 atom stereocenters. The lowest BCUT2D eigenvalue weighted by Gasteiger charge is -2.37. The molecule has 1 aromatic rings. The SMILES string of the molecule is Cc1ccc(Cl)cc1NC1CC2CCC(C1)N2C. The summed E-state index contributed by atoms with van der Waals surface area (Å²) in [4.78, 5) is 2.57. The number of rotatable bonds is 2. The summed E-state index contributed by atoms with van der Waals surface area (Å²) in [5, 5.41) is 4.52. The van der Waals surface area contributed by atoms with Gasteiger partial charge in [-0.1, -0.05) is 17.7 Å². The van der Waals surface area contributed by atoms with Gasteiger partial charge in [-0.3, -0.25) is 0 Å². The van der Waals surface area contributed by atoms with E-state index in [1.54, 1.807) is 0 Å². The molecule has 2 fully saturated rings. The van der Waals surface area contributed by atoms with Crippen LogP contribution in [-0.2, 0) is 0 Å². The largest absolute Gasteiger partial charge is 0.382 e. The van der Waals surface area contributed by atoms with Crippen molar-refractivity contribution in [1.82, 2.24) is 4.90 Å². The Hall–Kier alpha value is -0.730. The number of piperidine rings is 1. The fraction of sp³-hybridized carbons (Fsp3) is 0.600. The maximum Gasteiger partial charge on any atom is 0.0426 e. The zero-order chi connectivity index (χ0) is 12.7. The lowest BCUT2D eigenvalue weighted by Crippen LogP contribution is -2.44. The number of hydrogen-bond donors (Lipinski definition) is 1. The number of fused-ring (bicyclic) bond motifs is 2. The van der Waals surface area contributed by atoms with E-state index in [-0.39, 0.29) is 0 Å². The minimum absolute atomic E-state index is 0.607. The molecule has 0 aromatic heterocycles. The van der Waals surface area contributed by atoms with Crippen LogP contribution in [0.15, 0.2) is 18.2 Å². The summed E-state index contributed by atoms with van der Waals surface area (Å²) < 4.78 is 0. The van der Waals surface area contributed by atoms with Crippen LogP contribution in [-0.4, -0.2) is 30.1 Å². The highest BCUT2D eigenvalue weighted by Gasteiger charge is 2.38. The predicted octanol–water partition coefficient (Wildman–Crippen LogP) is 3.69. The van der Waals surface area contributed by atoms with Crippen LogP contribution in [0, 0.1) is 6.92 Å². The van der Waals surface area contributed by atoms with Gasteiger partial charge >= 0.3 is 0 Å². The van der Waals surface area contributed by atoms with Crippen LogP contribution in [0.25, 0.3) is 0 Å². The lowest BCUT2D eigenvalue weighted by atomic mass is 9.97. The van der Waals surface area contributed by atoms with E-state index in [1.807, 2.05) is 6.07 Å². The Morgan fingerprint density at radius 1 is 1.22 bits per heavy atom. The highest BCUT2D eigenvalue weighted by molar-refractivity contribution is 6.30. The van der Waals surface area contributed by atoms with Crippen molar-refractivity contribution in [3.05, 3.63) is 28.8 Å². The fourth-order valence-electron chi connectivity index (χ4n) is 3.50. The Kier molecular flexibility index (Phi) is 3.25. The molecule has 2 heterocycles. The Balaban J connectivity index is 1.72. The Bertz CT molecular complexity index is 432. The molecule has 1 N–H and O–H groups in total. The van der Waals surface area contributed by atoms with E-state index in [0.717, 1.165) is 17.1 Å².